The summed E-state index contributed by atoms with van der Waals surface area (Å²) in [5.41, 5.74) is 3.50. The number of benzene rings is 1. The summed E-state index contributed by atoms with van der Waals surface area (Å²) in [6.45, 7) is 6.64. The quantitative estimate of drug-likeness (QED) is 0.575. The van der Waals surface area contributed by atoms with Gasteiger partial charge in [0.25, 0.3) is 0 Å². The zero-order valence-corrected chi connectivity index (χ0v) is 18.2. The first-order chi connectivity index (χ1) is 15.7. The van der Waals surface area contributed by atoms with Crippen molar-refractivity contribution in [3.05, 3.63) is 36.2 Å². The van der Waals surface area contributed by atoms with Gasteiger partial charge in [-0.2, -0.15) is 4.98 Å². The minimum Gasteiger partial charge on any atom is -0.378 e. The summed E-state index contributed by atoms with van der Waals surface area (Å²) in [5.74, 6) is 1.68. The van der Waals surface area contributed by atoms with E-state index in [0.29, 0.717) is 18.9 Å². The third-order valence-corrected chi connectivity index (χ3v) is 6.01. The number of hydrogen-bond donors (Lipinski definition) is 3. The Balaban J connectivity index is 1.19. The molecule has 3 aromatic rings. The number of rotatable bonds is 4. The largest absolute Gasteiger partial charge is 0.378 e. The van der Waals surface area contributed by atoms with Gasteiger partial charge < -0.3 is 30.2 Å². The van der Waals surface area contributed by atoms with Crippen LogP contribution in [0, 0.1) is 6.92 Å². The lowest BCUT2D eigenvalue weighted by Crippen LogP contribution is -2.46. The fourth-order valence-corrected chi connectivity index (χ4v) is 4.19. The molecule has 0 unspecified atom stereocenters. The topological polar surface area (TPSA) is 111 Å². The van der Waals surface area contributed by atoms with E-state index in [1.807, 2.05) is 31.2 Å². The fourth-order valence-electron chi connectivity index (χ4n) is 4.19. The molecule has 5 rings (SSSR count). The number of urea groups is 1. The lowest BCUT2D eigenvalue weighted by atomic mass is 10.1. The van der Waals surface area contributed by atoms with Crippen molar-refractivity contribution >= 4 is 34.6 Å². The minimum atomic E-state index is -0.165. The highest BCUT2D eigenvalue weighted by molar-refractivity contribution is 5.89. The van der Waals surface area contributed by atoms with E-state index in [4.69, 9.17) is 9.72 Å². The van der Waals surface area contributed by atoms with Crippen molar-refractivity contribution in [2.75, 3.05) is 54.5 Å². The van der Waals surface area contributed by atoms with Crippen LogP contribution >= 0.6 is 0 Å². The molecule has 2 aliphatic rings. The highest BCUT2D eigenvalue weighted by Crippen LogP contribution is 2.26. The van der Waals surface area contributed by atoms with E-state index in [9.17, 15) is 4.79 Å². The number of aromatic nitrogens is 4. The van der Waals surface area contributed by atoms with Gasteiger partial charge in [-0.25, -0.2) is 14.8 Å². The van der Waals surface area contributed by atoms with E-state index in [1.54, 1.807) is 6.33 Å². The molecule has 4 heterocycles. The Morgan fingerprint density at radius 3 is 2.56 bits per heavy atom. The maximum absolute atomic E-state index is 12.3. The van der Waals surface area contributed by atoms with E-state index >= 15 is 0 Å². The van der Waals surface area contributed by atoms with Gasteiger partial charge in [0.2, 0.25) is 5.95 Å². The molecule has 0 radical (unpaired) electrons. The van der Waals surface area contributed by atoms with Gasteiger partial charge in [-0.3, -0.25) is 0 Å². The molecule has 3 N–H and O–H groups in total. The maximum atomic E-state index is 12.3. The van der Waals surface area contributed by atoms with Gasteiger partial charge in [0.1, 0.15) is 11.8 Å². The average Bonchev–Trinajstić information content (AvgIpc) is 3.26. The normalized spacial score (nSPS) is 17.5. The number of aryl methyl sites for hydroxylation is 1. The highest BCUT2D eigenvalue weighted by atomic mass is 16.5. The third kappa shape index (κ3) is 4.45. The van der Waals surface area contributed by atoms with Crippen LogP contribution in [-0.4, -0.2) is 71.4 Å². The van der Waals surface area contributed by atoms with E-state index < -0.39 is 0 Å². The van der Waals surface area contributed by atoms with Gasteiger partial charge >= 0.3 is 6.03 Å². The number of H-pyrrole nitrogens is 1. The number of aromatic amines is 1. The number of piperidine rings is 1. The van der Waals surface area contributed by atoms with Crippen molar-refractivity contribution in [2.24, 2.45) is 0 Å². The molecule has 32 heavy (non-hydrogen) atoms. The Morgan fingerprint density at radius 2 is 1.81 bits per heavy atom. The highest BCUT2D eigenvalue weighted by Gasteiger charge is 2.24. The predicted molar refractivity (Wildman–Crippen MR) is 123 cm³/mol. The lowest BCUT2D eigenvalue weighted by Gasteiger charge is -2.32. The summed E-state index contributed by atoms with van der Waals surface area (Å²) < 4.78 is 5.46. The van der Waals surface area contributed by atoms with Gasteiger partial charge in [-0.1, -0.05) is 17.7 Å². The molecule has 168 valence electrons. The Labute approximate surface area is 186 Å². The van der Waals surface area contributed by atoms with Crippen LogP contribution in [0.5, 0.6) is 0 Å². The van der Waals surface area contributed by atoms with Crippen molar-refractivity contribution in [1.82, 2.24) is 25.3 Å². The molecule has 2 saturated heterocycles. The number of ether oxygens (including phenoxy) is 1. The predicted octanol–water partition coefficient (Wildman–Crippen LogP) is 2.29. The molecule has 10 heteroatoms. The fraction of sp³-hybridized carbons (Fsp3) is 0.455. The Kier molecular flexibility index (Phi) is 5.76. The number of nitrogens with one attached hydrogen (secondary N) is 3. The monoisotopic (exact) mass is 436 g/mol. The van der Waals surface area contributed by atoms with Crippen LogP contribution in [0.2, 0.25) is 0 Å². The summed E-state index contributed by atoms with van der Waals surface area (Å²) >= 11 is 0. The van der Waals surface area contributed by atoms with Crippen molar-refractivity contribution in [1.29, 1.82) is 0 Å². The first kappa shape index (κ1) is 20.5. The number of carbonyl (C=O) groups excluding carboxylic acids is 1. The molecular weight excluding hydrogens is 408 g/mol. The molecule has 2 aromatic heterocycles. The van der Waals surface area contributed by atoms with Crippen LogP contribution in [0.3, 0.4) is 0 Å². The number of carbonyl (C=O) groups is 1. The summed E-state index contributed by atoms with van der Waals surface area (Å²) in [4.78, 5) is 33.7. The van der Waals surface area contributed by atoms with Crippen molar-refractivity contribution in [3.63, 3.8) is 0 Å². The molecule has 2 amide bonds. The lowest BCUT2D eigenvalue weighted by molar-refractivity contribution is 0.122. The molecule has 2 fully saturated rings. The number of fused-ring (bicyclic) bond motifs is 1. The molecular formula is C22H28N8O2. The zero-order chi connectivity index (χ0) is 21.9. The molecule has 0 atom stereocenters. The van der Waals surface area contributed by atoms with Crippen LogP contribution in [0.4, 0.5) is 22.2 Å². The molecule has 0 saturated carbocycles. The first-order valence-electron chi connectivity index (χ1n) is 11.1. The van der Waals surface area contributed by atoms with Crippen molar-refractivity contribution in [2.45, 2.75) is 25.8 Å². The number of morpholine rings is 1. The molecule has 0 aliphatic carbocycles. The van der Waals surface area contributed by atoms with Gasteiger partial charge in [0.15, 0.2) is 11.5 Å². The van der Waals surface area contributed by atoms with Gasteiger partial charge in [0, 0.05) is 37.9 Å². The first-order valence-corrected chi connectivity index (χ1v) is 11.1. The van der Waals surface area contributed by atoms with E-state index in [2.05, 4.69) is 35.4 Å². The summed E-state index contributed by atoms with van der Waals surface area (Å²) in [6, 6.07) is 7.75. The Morgan fingerprint density at radius 1 is 1.06 bits per heavy atom. The van der Waals surface area contributed by atoms with Gasteiger partial charge in [-0.05, 0) is 31.9 Å². The molecule has 0 spiro atoms. The summed E-state index contributed by atoms with van der Waals surface area (Å²) in [7, 11) is 0. The number of anilines is 3. The molecule has 2 aliphatic heterocycles. The SMILES string of the molecule is Cc1ccc(NC(=O)NC2CCN(c3nc4ncnc(N5CCOCC5)c4[nH]3)CC2)cc1. The summed E-state index contributed by atoms with van der Waals surface area (Å²) in [5, 5.41) is 5.99. The Hall–Kier alpha value is -3.40. The van der Waals surface area contributed by atoms with Crippen LogP contribution in [-0.2, 0) is 4.74 Å². The number of hydrogen-bond acceptors (Lipinski definition) is 7. The third-order valence-electron chi connectivity index (χ3n) is 6.01. The molecule has 1 aromatic carbocycles. The number of imidazole rings is 1. The molecule has 10 nitrogen and oxygen atoms in total. The second-order valence-electron chi connectivity index (χ2n) is 8.28. The maximum Gasteiger partial charge on any atom is 0.319 e. The van der Waals surface area contributed by atoms with Crippen LogP contribution < -0.4 is 20.4 Å². The second kappa shape index (κ2) is 8.99. The minimum absolute atomic E-state index is 0.129. The van der Waals surface area contributed by atoms with E-state index in [0.717, 1.165) is 67.6 Å². The van der Waals surface area contributed by atoms with Crippen LogP contribution in [0.15, 0.2) is 30.6 Å². The van der Waals surface area contributed by atoms with Crippen LogP contribution in [0.1, 0.15) is 18.4 Å². The number of amides is 2. The number of nitrogens with zero attached hydrogens (tertiary/aromatic N) is 5. The van der Waals surface area contributed by atoms with Crippen molar-refractivity contribution in [3.8, 4) is 0 Å². The Bertz CT molecular complexity index is 1070. The van der Waals surface area contributed by atoms with E-state index in [1.165, 1.54) is 0 Å². The van der Waals surface area contributed by atoms with Crippen LogP contribution in [0.25, 0.3) is 11.2 Å². The van der Waals surface area contributed by atoms with Gasteiger partial charge in [0.05, 0.1) is 13.2 Å². The van der Waals surface area contributed by atoms with Gasteiger partial charge in [-0.15, -0.1) is 0 Å². The molecule has 0 bridgehead atoms. The smallest absolute Gasteiger partial charge is 0.319 e. The van der Waals surface area contributed by atoms with E-state index in [-0.39, 0.29) is 12.1 Å². The second-order valence-corrected chi connectivity index (χ2v) is 8.28. The summed E-state index contributed by atoms with van der Waals surface area (Å²) in [6.07, 6.45) is 3.27. The van der Waals surface area contributed by atoms with Crippen molar-refractivity contribution < 1.29 is 9.53 Å². The standard InChI is InChI=1S/C22H28N8O2/c1-15-2-4-16(5-3-15)25-22(31)26-17-6-8-30(9-7-17)21-27-18-19(28-21)23-14-24-20(18)29-10-12-32-13-11-29/h2-5,14,17H,6-13H2,1H3,(H2,25,26,31)(H,23,24,27,28). The zero-order valence-electron chi connectivity index (χ0n) is 18.2. The average molecular weight is 437 g/mol.